The topological polar surface area (TPSA) is 21.3 Å². The third kappa shape index (κ3) is 2.10. The third-order valence-corrected chi connectivity index (χ3v) is 5.02. The van der Waals surface area contributed by atoms with Gasteiger partial charge in [0.25, 0.3) is 0 Å². The maximum absolute atomic E-state index is 6.20. The Morgan fingerprint density at radius 2 is 2.05 bits per heavy atom. The number of para-hydroxylation sites is 1. The molecule has 112 valence electrons. The quantitative estimate of drug-likeness (QED) is 0.772. The number of ether oxygens (including phenoxy) is 1. The van der Waals surface area contributed by atoms with Crippen LogP contribution in [0.2, 0.25) is 5.02 Å². The lowest BCUT2D eigenvalue weighted by molar-refractivity contribution is 0.397. The summed E-state index contributed by atoms with van der Waals surface area (Å²) in [4.78, 5) is 0. The third-order valence-electron chi connectivity index (χ3n) is 4.79. The molecule has 1 N–H and O–H groups in total. The lowest BCUT2D eigenvalue weighted by atomic mass is 9.77. The van der Waals surface area contributed by atoms with Gasteiger partial charge in [0.1, 0.15) is 5.75 Å². The van der Waals surface area contributed by atoms with Crippen LogP contribution in [0, 0.1) is 5.92 Å². The lowest BCUT2D eigenvalue weighted by Crippen LogP contribution is -2.29. The smallest absolute Gasteiger partial charge is 0.142 e. The molecule has 3 atom stereocenters. The standard InChI is InChI=1S/C19H18ClNO/c1-22-17-10-4-9-16-14-7-3-8-15(14)18(21-19(16)17)12-5-2-6-13(20)11-12/h2-7,9-11,14-15,18,21H,8H2,1H3/t14-,15+,18-/m1/s1. The zero-order valence-electron chi connectivity index (χ0n) is 12.4. The van der Waals surface area contributed by atoms with Gasteiger partial charge in [0.15, 0.2) is 0 Å². The fraction of sp³-hybridized carbons (Fsp3) is 0.263. The maximum atomic E-state index is 6.20. The van der Waals surface area contributed by atoms with Crippen molar-refractivity contribution in [1.29, 1.82) is 0 Å². The molecule has 0 radical (unpaired) electrons. The van der Waals surface area contributed by atoms with Crippen molar-refractivity contribution >= 4 is 17.3 Å². The monoisotopic (exact) mass is 311 g/mol. The van der Waals surface area contributed by atoms with Gasteiger partial charge in [0.05, 0.1) is 18.8 Å². The number of rotatable bonds is 2. The van der Waals surface area contributed by atoms with Crippen LogP contribution in [-0.2, 0) is 0 Å². The van der Waals surface area contributed by atoms with Crippen molar-refractivity contribution in [3.63, 3.8) is 0 Å². The molecule has 2 aromatic rings. The predicted octanol–water partition coefficient (Wildman–Crippen LogP) is 5.18. The first-order valence-corrected chi connectivity index (χ1v) is 8.01. The van der Waals surface area contributed by atoms with E-state index in [-0.39, 0.29) is 6.04 Å². The van der Waals surface area contributed by atoms with E-state index in [1.54, 1.807) is 7.11 Å². The van der Waals surface area contributed by atoms with Crippen LogP contribution in [0.4, 0.5) is 5.69 Å². The summed E-state index contributed by atoms with van der Waals surface area (Å²) in [6.45, 7) is 0. The number of hydrogen-bond donors (Lipinski definition) is 1. The average molecular weight is 312 g/mol. The molecular weight excluding hydrogens is 294 g/mol. The number of benzene rings is 2. The fourth-order valence-electron chi connectivity index (χ4n) is 3.79. The molecule has 2 nitrogen and oxygen atoms in total. The molecule has 0 unspecified atom stereocenters. The summed E-state index contributed by atoms with van der Waals surface area (Å²) in [6.07, 6.45) is 5.72. The SMILES string of the molecule is COc1cccc2c1N[C@H](c1cccc(Cl)c1)[C@H]1CC=C[C@@H]21. The molecule has 2 aliphatic rings. The number of methoxy groups -OCH3 is 1. The molecule has 1 aliphatic heterocycles. The van der Waals surface area contributed by atoms with Gasteiger partial charge in [-0.05, 0) is 41.7 Å². The Morgan fingerprint density at radius 3 is 2.86 bits per heavy atom. The molecule has 1 heterocycles. The summed E-state index contributed by atoms with van der Waals surface area (Å²) in [5, 5.41) is 4.49. The van der Waals surface area contributed by atoms with Crippen molar-refractivity contribution in [3.8, 4) is 5.75 Å². The summed E-state index contributed by atoms with van der Waals surface area (Å²) in [5.41, 5.74) is 3.68. The molecule has 0 spiro atoms. The van der Waals surface area contributed by atoms with Crippen LogP contribution >= 0.6 is 11.6 Å². The van der Waals surface area contributed by atoms with Crippen molar-refractivity contribution < 1.29 is 4.74 Å². The second kappa shape index (κ2) is 5.36. The van der Waals surface area contributed by atoms with Gasteiger partial charge in [-0.3, -0.25) is 0 Å². The van der Waals surface area contributed by atoms with Gasteiger partial charge in [0.2, 0.25) is 0 Å². The summed E-state index contributed by atoms with van der Waals surface area (Å²) in [5.74, 6) is 1.87. The van der Waals surface area contributed by atoms with Gasteiger partial charge in [-0.2, -0.15) is 0 Å². The van der Waals surface area contributed by atoms with Crippen LogP contribution < -0.4 is 10.1 Å². The van der Waals surface area contributed by atoms with Crippen LogP contribution in [0.25, 0.3) is 0 Å². The van der Waals surface area contributed by atoms with Gasteiger partial charge in [0, 0.05) is 10.9 Å². The zero-order valence-corrected chi connectivity index (χ0v) is 13.2. The van der Waals surface area contributed by atoms with Gasteiger partial charge in [-0.25, -0.2) is 0 Å². The minimum atomic E-state index is 0.252. The van der Waals surface area contributed by atoms with E-state index in [9.17, 15) is 0 Å². The Bertz CT molecular complexity index is 740. The van der Waals surface area contributed by atoms with Crippen molar-refractivity contribution in [2.75, 3.05) is 12.4 Å². The number of anilines is 1. The largest absolute Gasteiger partial charge is 0.495 e. The van der Waals surface area contributed by atoms with E-state index >= 15 is 0 Å². The highest BCUT2D eigenvalue weighted by molar-refractivity contribution is 6.30. The van der Waals surface area contributed by atoms with Crippen molar-refractivity contribution in [2.24, 2.45) is 5.92 Å². The Hall–Kier alpha value is -1.93. The lowest BCUT2D eigenvalue weighted by Gasteiger charge is -2.38. The van der Waals surface area contributed by atoms with E-state index in [2.05, 4.69) is 41.7 Å². The number of fused-ring (bicyclic) bond motifs is 3. The molecule has 22 heavy (non-hydrogen) atoms. The van der Waals surface area contributed by atoms with Crippen molar-refractivity contribution in [1.82, 2.24) is 0 Å². The van der Waals surface area contributed by atoms with E-state index in [0.717, 1.165) is 22.9 Å². The normalized spacial score (nSPS) is 25.3. The molecule has 0 aromatic heterocycles. The number of nitrogens with one attached hydrogen (secondary N) is 1. The van der Waals surface area contributed by atoms with E-state index in [1.807, 2.05) is 18.2 Å². The van der Waals surface area contributed by atoms with E-state index in [4.69, 9.17) is 16.3 Å². The summed E-state index contributed by atoms with van der Waals surface area (Å²) in [6, 6.07) is 14.7. The van der Waals surface area contributed by atoms with Gasteiger partial charge >= 0.3 is 0 Å². The minimum Gasteiger partial charge on any atom is -0.495 e. The first kappa shape index (κ1) is 13.7. The molecule has 3 heteroatoms. The summed E-state index contributed by atoms with van der Waals surface area (Å²) < 4.78 is 5.56. The maximum Gasteiger partial charge on any atom is 0.142 e. The Morgan fingerprint density at radius 1 is 1.18 bits per heavy atom. The number of allylic oxidation sites excluding steroid dienone is 2. The summed E-state index contributed by atoms with van der Waals surface area (Å²) >= 11 is 6.20. The van der Waals surface area contributed by atoms with E-state index in [1.165, 1.54) is 11.1 Å². The molecule has 4 rings (SSSR count). The van der Waals surface area contributed by atoms with Crippen LogP contribution in [0.3, 0.4) is 0 Å². The molecule has 0 saturated carbocycles. The Kier molecular flexibility index (Phi) is 3.34. The highest BCUT2D eigenvalue weighted by Crippen LogP contribution is 2.52. The van der Waals surface area contributed by atoms with E-state index < -0.39 is 0 Å². The molecule has 0 bridgehead atoms. The molecule has 0 amide bonds. The van der Waals surface area contributed by atoms with Gasteiger partial charge in [-0.15, -0.1) is 0 Å². The van der Waals surface area contributed by atoms with E-state index in [0.29, 0.717) is 11.8 Å². The molecule has 0 saturated heterocycles. The first-order chi connectivity index (χ1) is 10.8. The second-order valence-electron chi connectivity index (χ2n) is 5.96. The Labute approximate surface area is 135 Å². The molecule has 1 aliphatic carbocycles. The van der Waals surface area contributed by atoms with Gasteiger partial charge < -0.3 is 10.1 Å². The van der Waals surface area contributed by atoms with Crippen LogP contribution in [0.5, 0.6) is 5.75 Å². The highest BCUT2D eigenvalue weighted by atomic mass is 35.5. The number of hydrogen-bond acceptors (Lipinski definition) is 2. The van der Waals surface area contributed by atoms with Crippen molar-refractivity contribution in [3.05, 3.63) is 70.8 Å². The first-order valence-electron chi connectivity index (χ1n) is 7.63. The molecule has 2 aromatic carbocycles. The number of halogens is 1. The molecular formula is C19H18ClNO. The van der Waals surface area contributed by atoms with Gasteiger partial charge in [-0.1, -0.05) is 48.0 Å². The predicted molar refractivity (Wildman–Crippen MR) is 90.8 cm³/mol. The summed E-state index contributed by atoms with van der Waals surface area (Å²) in [7, 11) is 1.72. The highest BCUT2D eigenvalue weighted by Gasteiger charge is 2.38. The average Bonchev–Trinajstić information content (AvgIpc) is 3.03. The minimum absolute atomic E-state index is 0.252. The van der Waals surface area contributed by atoms with Crippen LogP contribution in [-0.4, -0.2) is 7.11 Å². The van der Waals surface area contributed by atoms with Crippen molar-refractivity contribution in [2.45, 2.75) is 18.4 Å². The second-order valence-corrected chi connectivity index (χ2v) is 6.39. The Balaban J connectivity index is 1.83. The fourth-order valence-corrected chi connectivity index (χ4v) is 3.99. The zero-order chi connectivity index (χ0) is 15.1. The molecule has 0 fully saturated rings. The van der Waals surface area contributed by atoms with Crippen LogP contribution in [0.15, 0.2) is 54.6 Å². The van der Waals surface area contributed by atoms with Crippen LogP contribution in [0.1, 0.15) is 29.5 Å².